The molecule has 0 aliphatic carbocycles. The fraction of sp³-hybridized carbons (Fsp3) is 0.471. The summed E-state index contributed by atoms with van der Waals surface area (Å²) in [5, 5.41) is 22.9. The van der Waals surface area contributed by atoms with Crippen LogP contribution >= 0.6 is 0 Å². The number of nitrogens with one attached hydrogen (secondary N) is 2. The molecule has 11 heteroatoms. The molecule has 1 aromatic rings. The number of hydrogen-bond donors (Lipinski definition) is 4. The minimum absolute atomic E-state index is 0.0429. The lowest BCUT2D eigenvalue weighted by molar-refractivity contribution is -0.274. The van der Waals surface area contributed by atoms with Crippen molar-refractivity contribution in [1.29, 1.82) is 0 Å². The summed E-state index contributed by atoms with van der Waals surface area (Å²) in [5.41, 5.74) is 0.285. The molecule has 0 spiro atoms. The number of halogens is 3. The van der Waals surface area contributed by atoms with Gasteiger partial charge in [-0.3, -0.25) is 9.59 Å². The van der Waals surface area contributed by atoms with Crippen LogP contribution in [0.4, 0.5) is 18.9 Å². The molecule has 8 nitrogen and oxygen atoms in total. The largest absolute Gasteiger partial charge is 0.573 e. The topological polar surface area (TPSA) is 125 Å². The third-order valence-corrected chi connectivity index (χ3v) is 3.52. The smallest absolute Gasteiger partial charge is 0.481 e. The zero-order valence-corrected chi connectivity index (χ0v) is 15.0. The van der Waals surface area contributed by atoms with Crippen molar-refractivity contribution in [2.24, 2.45) is 5.92 Å². The van der Waals surface area contributed by atoms with Crippen molar-refractivity contribution in [2.45, 2.75) is 38.6 Å². The van der Waals surface area contributed by atoms with Gasteiger partial charge in [-0.05, 0) is 24.5 Å². The SMILES string of the molecule is CC(CC(=O)O)CC(=O)NC(CCNc1cccc(OC(F)(F)F)c1)C(=O)O. The summed E-state index contributed by atoms with van der Waals surface area (Å²) in [6, 6.07) is 3.81. The lowest BCUT2D eigenvalue weighted by atomic mass is 10.0. The van der Waals surface area contributed by atoms with Gasteiger partial charge >= 0.3 is 18.3 Å². The van der Waals surface area contributed by atoms with Gasteiger partial charge in [0.1, 0.15) is 11.8 Å². The van der Waals surface area contributed by atoms with Gasteiger partial charge in [-0.15, -0.1) is 13.2 Å². The predicted octanol–water partition coefficient (Wildman–Crippen LogP) is 2.46. The van der Waals surface area contributed by atoms with Crippen LogP contribution in [0.3, 0.4) is 0 Å². The van der Waals surface area contributed by atoms with Crippen molar-refractivity contribution in [3.63, 3.8) is 0 Å². The second kappa shape index (κ2) is 10.4. The summed E-state index contributed by atoms with van der Waals surface area (Å²) in [6.45, 7) is 1.61. The summed E-state index contributed by atoms with van der Waals surface area (Å²) in [5.74, 6) is -3.82. The Morgan fingerprint density at radius 3 is 2.43 bits per heavy atom. The minimum atomic E-state index is -4.82. The van der Waals surface area contributed by atoms with Crippen LogP contribution in [-0.4, -0.2) is 47.0 Å². The average Bonchev–Trinajstić information content (AvgIpc) is 2.51. The normalized spacial score (nSPS) is 13.3. The summed E-state index contributed by atoms with van der Waals surface area (Å²) in [4.78, 5) is 33.7. The van der Waals surface area contributed by atoms with Crippen LogP contribution in [0.1, 0.15) is 26.2 Å². The molecule has 4 N–H and O–H groups in total. The van der Waals surface area contributed by atoms with Crippen LogP contribution in [0.5, 0.6) is 5.75 Å². The van der Waals surface area contributed by atoms with E-state index in [0.717, 1.165) is 12.1 Å². The second-order valence-electron chi connectivity index (χ2n) is 6.16. The molecule has 2 unspecified atom stereocenters. The van der Waals surface area contributed by atoms with Crippen LogP contribution < -0.4 is 15.4 Å². The molecule has 0 fully saturated rings. The number of benzene rings is 1. The Hall–Kier alpha value is -2.98. The van der Waals surface area contributed by atoms with Crippen molar-refractivity contribution >= 4 is 23.5 Å². The number of carboxylic acids is 2. The first kappa shape index (κ1) is 23.1. The first-order valence-electron chi connectivity index (χ1n) is 8.30. The highest BCUT2D eigenvalue weighted by atomic mass is 19.4. The van der Waals surface area contributed by atoms with E-state index < -0.39 is 41.9 Å². The third-order valence-electron chi connectivity index (χ3n) is 3.52. The number of anilines is 1. The Morgan fingerprint density at radius 2 is 1.86 bits per heavy atom. The van der Waals surface area contributed by atoms with E-state index in [1.807, 2.05) is 0 Å². The van der Waals surface area contributed by atoms with Crippen molar-refractivity contribution in [3.05, 3.63) is 24.3 Å². The maximum atomic E-state index is 12.2. The zero-order valence-electron chi connectivity index (χ0n) is 15.0. The number of hydrogen-bond acceptors (Lipinski definition) is 5. The molecular formula is C17H21F3N2O6. The van der Waals surface area contributed by atoms with Gasteiger partial charge in [0.15, 0.2) is 0 Å². The Kier molecular flexibility index (Phi) is 8.55. The van der Waals surface area contributed by atoms with E-state index in [1.54, 1.807) is 6.92 Å². The summed E-state index contributed by atoms with van der Waals surface area (Å²) >= 11 is 0. The summed E-state index contributed by atoms with van der Waals surface area (Å²) in [7, 11) is 0. The average molecular weight is 406 g/mol. The quantitative estimate of drug-likeness (QED) is 0.445. The molecule has 1 rings (SSSR count). The predicted molar refractivity (Wildman–Crippen MR) is 91.8 cm³/mol. The number of rotatable bonds is 11. The number of amides is 1. The van der Waals surface area contributed by atoms with E-state index in [2.05, 4.69) is 15.4 Å². The van der Waals surface area contributed by atoms with E-state index in [9.17, 15) is 32.7 Å². The van der Waals surface area contributed by atoms with E-state index in [4.69, 9.17) is 5.11 Å². The van der Waals surface area contributed by atoms with E-state index >= 15 is 0 Å². The van der Waals surface area contributed by atoms with Crippen LogP contribution in [0.25, 0.3) is 0 Å². The Labute approximate surface area is 158 Å². The van der Waals surface area contributed by atoms with Gasteiger partial charge in [-0.2, -0.15) is 0 Å². The number of alkyl halides is 3. The molecule has 0 radical (unpaired) electrons. The number of carboxylic acid groups (broad SMARTS) is 2. The number of ether oxygens (including phenoxy) is 1. The van der Waals surface area contributed by atoms with Gasteiger partial charge in [0.25, 0.3) is 0 Å². The van der Waals surface area contributed by atoms with Crippen molar-refractivity contribution in [1.82, 2.24) is 5.32 Å². The van der Waals surface area contributed by atoms with Crippen LogP contribution in [0, 0.1) is 5.92 Å². The van der Waals surface area contributed by atoms with E-state index in [0.29, 0.717) is 0 Å². The van der Waals surface area contributed by atoms with Crippen LogP contribution in [0.15, 0.2) is 24.3 Å². The highest BCUT2D eigenvalue weighted by Crippen LogP contribution is 2.25. The zero-order chi connectivity index (χ0) is 21.3. The van der Waals surface area contributed by atoms with Crippen molar-refractivity contribution in [3.8, 4) is 5.75 Å². The molecule has 2 atom stereocenters. The Bertz CT molecular complexity index is 696. The molecule has 0 bridgehead atoms. The van der Waals surface area contributed by atoms with E-state index in [1.165, 1.54) is 12.1 Å². The van der Waals surface area contributed by atoms with Crippen LogP contribution in [-0.2, 0) is 14.4 Å². The van der Waals surface area contributed by atoms with Gasteiger partial charge in [-0.25, -0.2) is 4.79 Å². The lowest BCUT2D eigenvalue weighted by Crippen LogP contribution is -2.42. The molecule has 28 heavy (non-hydrogen) atoms. The molecule has 0 aliphatic heterocycles. The molecule has 0 saturated heterocycles. The Balaban J connectivity index is 2.53. The summed E-state index contributed by atoms with van der Waals surface area (Å²) < 4.78 is 40.5. The second-order valence-corrected chi connectivity index (χ2v) is 6.16. The Morgan fingerprint density at radius 1 is 1.18 bits per heavy atom. The van der Waals surface area contributed by atoms with Crippen LogP contribution in [0.2, 0.25) is 0 Å². The first-order chi connectivity index (χ1) is 13.0. The van der Waals surface area contributed by atoms with Crippen molar-refractivity contribution in [2.75, 3.05) is 11.9 Å². The van der Waals surface area contributed by atoms with Gasteiger partial charge in [-0.1, -0.05) is 13.0 Å². The molecule has 1 amide bonds. The number of carbonyl (C=O) groups excluding carboxylic acids is 1. The van der Waals surface area contributed by atoms with Crippen molar-refractivity contribution < 1.29 is 42.5 Å². The standard InChI is InChI=1S/C17H21F3N2O6/c1-10(8-15(24)25)7-14(23)22-13(16(26)27)5-6-21-11-3-2-4-12(9-11)28-17(18,19)20/h2-4,9-10,13,21H,5-8H2,1H3,(H,22,23)(H,24,25)(H,26,27). The number of carbonyl (C=O) groups is 3. The van der Waals surface area contributed by atoms with Gasteiger partial charge in [0, 0.05) is 31.1 Å². The molecule has 0 heterocycles. The molecule has 0 aliphatic rings. The molecule has 1 aromatic carbocycles. The highest BCUT2D eigenvalue weighted by molar-refractivity contribution is 5.84. The first-order valence-corrected chi connectivity index (χ1v) is 8.30. The van der Waals surface area contributed by atoms with Gasteiger partial charge in [0.2, 0.25) is 5.91 Å². The van der Waals surface area contributed by atoms with E-state index in [-0.39, 0.29) is 31.5 Å². The molecule has 0 saturated carbocycles. The van der Waals surface area contributed by atoms with Gasteiger partial charge in [0.05, 0.1) is 0 Å². The summed E-state index contributed by atoms with van der Waals surface area (Å²) in [6.07, 6.45) is -5.22. The third kappa shape index (κ3) is 9.64. The fourth-order valence-electron chi connectivity index (χ4n) is 2.36. The molecule has 0 aromatic heterocycles. The lowest BCUT2D eigenvalue weighted by Gasteiger charge is -2.17. The minimum Gasteiger partial charge on any atom is -0.481 e. The maximum absolute atomic E-state index is 12.2. The molecule has 156 valence electrons. The maximum Gasteiger partial charge on any atom is 0.573 e. The molecular weight excluding hydrogens is 385 g/mol. The monoisotopic (exact) mass is 406 g/mol. The fourth-order valence-corrected chi connectivity index (χ4v) is 2.36. The number of aliphatic carboxylic acids is 2. The van der Waals surface area contributed by atoms with Gasteiger partial charge < -0.3 is 25.6 Å². The highest BCUT2D eigenvalue weighted by Gasteiger charge is 2.31.